The van der Waals surface area contributed by atoms with Crippen molar-refractivity contribution in [1.29, 1.82) is 0 Å². The third-order valence-electron chi connectivity index (χ3n) is 8.34. The number of hydrogen-bond donors (Lipinski definition) is 0. The van der Waals surface area contributed by atoms with Crippen molar-refractivity contribution < 1.29 is 4.42 Å². The fraction of sp³-hybridized carbons (Fsp3) is 0.0417. The Morgan fingerprint density at radius 1 is 0.367 bits per heavy atom. The van der Waals surface area contributed by atoms with Crippen molar-refractivity contribution in [1.82, 2.24) is 0 Å². The maximum Gasteiger partial charge on any atom is 0.135 e. The third kappa shape index (κ3) is 6.09. The van der Waals surface area contributed by atoms with Crippen LogP contribution in [0.4, 0.5) is 0 Å². The summed E-state index contributed by atoms with van der Waals surface area (Å²) in [7, 11) is 0. The summed E-state index contributed by atoms with van der Waals surface area (Å²) in [5.74, 6) is 25.6. The molecule has 0 saturated carbocycles. The van der Waals surface area contributed by atoms with E-state index >= 15 is 0 Å². The molecule has 1 heterocycles. The first-order valence-electron chi connectivity index (χ1n) is 15.9. The monoisotopic (exact) mass is 620 g/mol. The van der Waals surface area contributed by atoms with Crippen molar-refractivity contribution in [2.24, 2.45) is 0 Å². The van der Waals surface area contributed by atoms with Crippen LogP contribution in [-0.4, -0.2) is 0 Å². The maximum atomic E-state index is 6.14. The van der Waals surface area contributed by atoms with E-state index in [1.54, 1.807) is 13.8 Å². The van der Waals surface area contributed by atoms with Gasteiger partial charge in [-0.05, 0) is 134 Å². The summed E-state index contributed by atoms with van der Waals surface area (Å²) in [5.41, 5.74) is 6.88. The smallest absolute Gasteiger partial charge is 0.135 e. The molecule has 1 heteroatoms. The van der Waals surface area contributed by atoms with Gasteiger partial charge in [0, 0.05) is 10.8 Å². The normalized spacial score (nSPS) is 9.84. The lowest BCUT2D eigenvalue weighted by atomic mass is 9.84. The Hall–Kier alpha value is -7.08. The number of hydrogen-bond acceptors (Lipinski definition) is 1. The molecule has 49 heavy (non-hydrogen) atoms. The van der Waals surface area contributed by atoms with Crippen LogP contribution in [0.1, 0.15) is 13.8 Å². The first kappa shape index (κ1) is 30.6. The van der Waals surface area contributed by atoms with Gasteiger partial charge >= 0.3 is 0 Å². The predicted molar refractivity (Wildman–Crippen MR) is 207 cm³/mol. The number of benzene rings is 7. The summed E-state index contributed by atoms with van der Waals surface area (Å²) in [6, 6.07) is 47.9. The number of para-hydroxylation sites is 1. The highest BCUT2D eigenvalue weighted by Gasteiger charge is 2.18. The maximum absolute atomic E-state index is 6.14. The molecule has 1 aromatic heterocycles. The van der Waals surface area contributed by atoms with Gasteiger partial charge in [-0.15, -0.1) is 0 Å². The molecule has 0 saturated heterocycles. The molecule has 0 unspecified atom stereocenters. The fourth-order valence-electron chi connectivity index (χ4n) is 6.37. The van der Waals surface area contributed by atoms with Crippen molar-refractivity contribution in [3.8, 4) is 81.5 Å². The van der Waals surface area contributed by atoms with Gasteiger partial charge in [0.2, 0.25) is 0 Å². The summed E-state index contributed by atoms with van der Waals surface area (Å²) in [6.07, 6.45) is 0. The molecule has 0 fully saturated rings. The quantitative estimate of drug-likeness (QED) is 0.138. The standard InChI is InChI=1S/C36H22O.C12H6/c1-2-12-25-23(10-1)11-9-18-27(25)36-30-16-5-3-14-28(30)35(29-15-4-6-17-31(29)36)24-20-21-34-32(22-24)26-13-7-8-19-33(26)37-34;1-3-5-7-9-11-12-10-8-6-4-2/h1-22H;1-2H3. The third-order valence-corrected chi connectivity index (χ3v) is 8.34. The van der Waals surface area contributed by atoms with Gasteiger partial charge in [0.1, 0.15) is 11.2 Å². The van der Waals surface area contributed by atoms with Gasteiger partial charge in [-0.2, -0.15) is 0 Å². The van der Waals surface area contributed by atoms with E-state index in [1.165, 1.54) is 54.6 Å². The zero-order valence-corrected chi connectivity index (χ0v) is 27.1. The second kappa shape index (κ2) is 14.1. The van der Waals surface area contributed by atoms with Gasteiger partial charge in [-0.3, -0.25) is 0 Å². The van der Waals surface area contributed by atoms with Gasteiger partial charge in [-0.1, -0.05) is 127 Å². The van der Waals surface area contributed by atoms with Gasteiger partial charge < -0.3 is 4.42 Å². The summed E-state index contributed by atoms with van der Waals surface area (Å²) in [5, 5.41) is 9.90. The molecular formula is C48H28O. The average molecular weight is 621 g/mol. The van der Waals surface area contributed by atoms with E-state index in [-0.39, 0.29) is 0 Å². The first-order valence-corrected chi connectivity index (χ1v) is 15.9. The van der Waals surface area contributed by atoms with E-state index in [0.29, 0.717) is 0 Å². The molecule has 8 aromatic rings. The van der Waals surface area contributed by atoms with Crippen molar-refractivity contribution in [3.05, 3.63) is 133 Å². The average Bonchev–Trinajstić information content (AvgIpc) is 3.53. The predicted octanol–water partition coefficient (Wildman–Crippen LogP) is 11.4. The SMILES string of the molecule is CC#CC#CC#CC#CC#CC.c1ccc2c(-c3c4ccccc4c(-c4ccc5oc6ccccc6c5c4)c4ccccc34)cccc2c1. The molecule has 0 atom stereocenters. The Morgan fingerprint density at radius 2 is 0.837 bits per heavy atom. The molecule has 0 radical (unpaired) electrons. The lowest BCUT2D eigenvalue weighted by Crippen LogP contribution is -1.91. The Bertz CT molecular complexity index is 2770. The van der Waals surface area contributed by atoms with Crippen molar-refractivity contribution >= 4 is 54.3 Å². The highest BCUT2D eigenvalue weighted by atomic mass is 16.3. The van der Waals surface area contributed by atoms with E-state index in [1.807, 2.05) is 12.1 Å². The molecule has 0 aliphatic carbocycles. The van der Waals surface area contributed by atoms with E-state index in [0.717, 1.165) is 21.9 Å². The minimum absolute atomic E-state index is 0.922. The second-order valence-corrected chi connectivity index (χ2v) is 11.2. The molecule has 0 aliphatic heterocycles. The van der Waals surface area contributed by atoms with Gasteiger partial charge in [0.15, 0.2) is 0 Å². The molecular weight excluding hydrogens is 593 g/mol. The van der Waals surface area contributed by atoms with E-state index in [4.69, 9.17) is 4.42 Å². The molecule has 8 rings (SSSR count). The zero-order chi connectivity index (χ0) is 33.4. The number of rotatable bonds is 2. The van der Waals surface area contributed by atoms with Crippen LogP contribution in [0.15, 0.2) is 138 Å². The van der Waals surface area contributed by atoms with Crippen molar-refractivity contribution in [2.45, 2.75) is 13.8 Å². The van der Waals surface area contributed by atoms with E-state index in [2.05, 4.69) is 181 Å². The minimum atomic E-state index is 0.922. The highest BCUT2D eigenvalue weighted by molar-refractivity contribution is 6.24. The molecule has 226 valence electrons. The van der Waals surface area contributed by atoms with Crippen molar-refractivity contribution in [3.63, 3.8) is 0 Å². The van der Waals surface area contributed by atoms with Gasteiger partial charge in [-0.25, -0.2) is 0 Å². The lowest BCUT2D eigenvalue weighted by molar-refractivity contribution is 0.669. The van der Waals surface area contributed by atoms with Crippen LogP contribution in [0.2, 0.25) is 0 Å². The van der Waals surface area contributed by atoms with Crippen LogP contribution in [-0.2, 0) is 0 Å². The summed E-state index contributed by atoms with van der Waals surface area (Å²) in [4.78, 5) is 0. The Balaban J connectivity index is 0.000000273. The first-order chi connectivity index (χ1) is 24.3. The molecule has 0 spiro atoms. The van der Waals surface area contributed by atoms with Gasteiger partial charge in [0.05, 0.1) is 0 Å². The van der Waals surface area contributed by atoms with Crippen LogP contribution in [0.25, 0.3) is 76.5 Å². The van der Waals surface area contributed by atoms with Crippen LogP contribution in [0.5, 0.6) is 0 Å². The largest absolute Gasteiger partial charge is 0.456 e. The van der Waals surface area contributed by atoms with Crippen LogP contribution < -0.4 is 0 Å². The molecule has 7 aromatic carbocycles. The highest BCUT2D eigenvalue weighted by Crippen LogP contribution is 2.46. The lowest BCUT2D eigenvalue weighted by Gasteiger charge is -2.18. The minimum Gasteiger partial charge on any atom is -0.456 e. The molecule has 1 nitrogen and oxygen atoms in total. The Morgan fingerprint density at radius 3 is 1.45 bits per heavy atom. The molecule has 0 N–H and O–H groups in total. The Labute approximate surface area is 286 Å². The fourth-order valence-corrected chi connectivity index (χ4v) is 6.37. The topological polar surface area (TPSA) is 13.1 Å². The molecule has 0 aliphatic rings. The zero-order valence-electron chi connectivity index (χ0n) is 27.1. The molecule has 0 bridgehead atoms. The van der Waals surface area contributed by atoms with Crippen molar-refractivity contribution in [2.75, 3.05) is 0 Å². The summed E-state index contributed by atoms with van der Waals surface area (Å²) in [6.45, 7) is 3.44. The number of fused-ring (bicyclic) bond motifs is 6. The Kier molecular flexibility index (Phi) is 8.82. The molecule has 0 amide bonds. The van der Waals surface area contributed by atoms with Crippen LogP contribution in [0.3, 0.4) is 0 Å². The van der Waals surface area contributed by atoms with Crippen LogP contribution >= 0.6 is 0 Å². The van der Waals surface area contributed by atoms with E-state index < -0.39 is 0 Å². The summed E-state index contributed by atoms with van der Waals surface area (Å²) >= 11 is 0. The second-order valence-electron chi connectivity index (χ2n) is 11.2. The number of furan rings is 1. The van der Waals surface area contributed by atoms with E-state index in [9.17, 15) is 0 Å². The van der Waals surface area contributed by atoms with Gasteiger partial charge in [0.25, 0.3) is 0 Å². The van der Waals surface area contributed by atoms with Crippen LogP contribution in [0, 0.1) is 59.2 Å². The summed E-state index contributed by atoms with van der Waals surface area (Å²) < 4.78 is 6.14.